The molecule has 58 heavy (non-hydrogen) atoms. The molecule has 5 atom stereocenters. The number of esters is 1. The number of rotatable bonds is 10. The van der Waals surface area contributed by atoms with Crippen molar-refractivity contribution in [3.05, 3.63) is 41.5 Å². The summed E-state index contributed by atoms with van der Waals surface area (Å²) in [6.45, 7) is 22.6. The molecule has 5 fully saturated rings. The van der Waals surface area contributed by atoms with Gasteiger partial charge in [0.15, 0.2) is 11.8 Å². The molecule has 1 aromatic carbocycles. The summed E-state index contributed by atoms with van der Waals surface area (Å²) in [4.78, 5) is 59.7. The molecule has 0 radical (unpaired) electrons. The predicted octanol–water partition coefficient (Wildman–Crippen LogP) is 6.82. The monoisotopic (exact) mass is 808 g/mol. The summed E-state index contributed by atoms with van der Waals surface area (Å²) in [7, 11) is 1.24. The Hall–Kier alpha value is -4.31. The lowest BCUT2D eigenvalue weighted by atomic mass is 9.43. The van der Waals surface area contributed by atoms with Crippen molar-refractivity contribution >= 4 is 31.2 Å². The van der Waals surface area contributed by atoms with Crippen LogP contribution in [0.25, 0.3) is 0 Å². The highest BCUT2D eigenvalue weighted by Gasteiger charge is 2.67. The first-order valence-corrected chi connectivity index (χ1v) is 20.3. The van der Waals surface area contributed by atoms with E-state index in [9.17, 15) is 19.2 Å². The van der Waals surface area contributed by atoms with E-state index in [1.807, 2.05) is 0 Å². The van der Waals surface area contributed by atoms with Crippen LogP contribution in [0.1, 0.15) is 124 Å². The molecule has 2 aliphatic heterocycles. The highest BCUT2D eigenvalue weighted by atomic mass is 16.7. The number of carbonyl (C=O) groups is 4. The summed E-state index contributed by atoms with van der Waals surface area (Å²) in [6, 6.07) is 2.32. The molecule has 1 N–H and O–H groups in total. The van der Waals surface area contributed by atoms with Crippen LogP contribution in [0.15, 0.2) is 24.7 Å². The summed E-state index contributed by atoms with van der Waals surface area (Å²) < 4.78 is 44.0. The molecule has 2 unspecified atom stereocenters. The number of amides is 2. The van der Waals surface area contributed by atoms with Crippen LogP contribution >= 0.6 is 0 Å². The fourth-order valence-corrected chi connectivity index (χ4v) is 8.63. The van der Waals surface area contributed by atoms with E-state index in [0.717, 1.165) is 12.8 Å². The summed E-state index contributed by atoms with van der Waals surface area (Å²) in [5.41, 5.74) is -1.84. The van der Waals surface area contributed by atoms with Crippen molar-refractivity contribution in [1.82, 2.24) is 19.8 Å². The van der Waals surface area contributed by atoms with Crippen molar-refractivity contribution in [2.75, 3.05) is 13.1 Å². The first-order valence-electron chi connectivity index (χ1n) is 20.3. The quantitative estimate of drug-likeness (QED) is 0.115. The van der Waals surface area contributed by atoms with Gasteiger partial charge in [0.2, 0.25) is 0 Å². The van der Waals surface area contributed by atoms with Crippen molar-refractivity contribution in [3.63, 3.8) is 0 Å². The minimum Gasteiger partial charge on any atom is -0.486 e. The van der Waals surface area contributed by atoms with E-state index < -0.39 is 60.2 Å². The molecule has 3 heterocycles. The molecule has 1 aromatic heterocycles. The van der Waals surface area contributed by atoms with Gasteiger partial charge in [0, 0.05) is 7.05 Å². The number of benzene rings is 1. The van der Waals surface area contributed by atoms with Crippen molar-refractivity contribution in [2.45, 2.75) is 149 Å². The third kappa shape index (κ3) is 9.27. The Bertz CT molecular complexity index is 1900. The fourth-order valence-electron chi connectivity index (χ4n) is 8.63. The number of likely N-dealkylation sites (tertiary alicyclic amines) is 1. The average Bonchev–Trinajstić information content (AvgIpc) is 3.63. The summed E-state index contributed by atoms with van der Waals surface area (Å²) in [6.07, 6.45) is 3.61. The van der Waals surface area contributed by atoms with Crippen molar-refractivity contribution < 1.29 is 52.2 Å². The number of alkyl carbamates (subject to hydrolysis) is 1. The van der Waals surface area contributed by atoms with E-state index >= 15 is 0 Å². The normalized spacial score (nSPS) is 24.5. The smallest absolute Gasteiger partial charge is 0.486 e. The highest BCUT2D eigenvalue weighted by Crippen LogP contribution is 2.65. The van der Waals surface area contributed by atoms with Gasteiger partial charge in [-0.2, -0.15) is 0 Å². The topological polar surface area (TPSA) is 166 Å². The number of hydrogen-bond acceptors (Lipinski definition) is 12. The SMILES string of the molecule is Cn1cncc1C(NC(=O)OC(C)(C)C)C(=O)N1CC(Oc2ccc(CCB3O[C@@H]4C[C@@H]5CC(C5(C)C)[C@]4(C)O3)c(OC(=O)OC(C)(C)C)c2C(=O)OC(C)(C)C)C1. The van der Waals surface area contributed by atoms with Crippen LogP contribution in [0.4, 0.5) is 9.59 Å². The van der Waals surface area contributed by atoms with Crippen LogP contribution in [0.5, 0.6) is 11.5 Å². The van der Waals surface area contributed by atoms with E-state index in [1.165, 1.54) is 17.4 Å². The van der Waals surface area contributed by atoms with Gasteiger partial charge in [-0.15, -0.1) is 0 Å². The van der Waals surface area contributed by atoms with Crippen molar-refractivity contribution in [3.8, 4) is 11.5 Å². The molecular formula is C42H61BN4O11. The number of aryl methyl sites for hydroxylation is 2. The van der Waals surface area contributed by atoms with Crippen LogP contribution in [0.3, 0.4) is 0 Å². The predicted molar refractivity (Wildman–Crippen MR) is 213 cm³/mol. The number of ether oxygens (including phenoxy) is 5. The Morgan fingerprint density at radius 3 is 2.19 bits per heavy atom. The molecule has 16 heteroatoms. The third-order valence-electron chi connectivity index (χ3n) is 11.5. The number of aromatic nitrogens is 2. The lowest BCUT2D eigenvalue weighted by Crippen LogP contribution is -2.65. The van der Waals surface area contributed by atoms with Gasteiger partial charge in [0.05, 0.1) is 43.0 Å². The van der Waals surface area contributed by atoms with E-state index in [2.05, 4.69) is 31.1 Å². The summed E-state index contributed by atoms with van der Waals surface area (Å²) in [5, 5.41) is 2.69. The zero-order valence-corrected chi connectivity index (χ0v) is 36.3. The zero-order chi connectivity index (χ0) is 42.7. The summed E-state index contributed by atoms with van der Waals surface area (Å²) in [5.74, 6) is -0.0877. The molecule has 0 spiro atoms. The molecule has 3 saturated carbocycles. The zero-order valence-electron chi connectivity index (χ0n) is 36.3. The number of hydrogen-bond donors (Lipinski definition) is 1. The first kappa shape index (κ1) is 43.3. The molecule has 318 valence electrons. The van der Waals surface area contributed by atoms with Crippen LogP contribution < -0.4 is 14.8 Å². The second-order valence-electron chi connectivity index (χ2n) is 19.9. The van der Waals surface area contributed by atoms with E-state index in [4.69, 9.17) is 33.0 Å². The molecule has 2 amide bonds. The maximum absolute atomic E-state index is 14.1. The van der Waals surface area contributed by atoms with E-state index in [-0.39, 0.29) is 47.3 Å². The fraction of sp³-hybridized carbons (Fsp3) is 0.690. The average molecular weight is 809 g/mol. The highest BCUT2D eigenvalue weighted by molar-refractivity contribution is 6.45. The van der Waals surface area contributed by atoms with Gasteiger partial charge in [-0.1, -0.05) is 19.9 Å². The molecule has 5 aliphatic rings. The van der Waals surface area contributed by atoms with Crippen LogP contribution in [-0.4, -0.2) is 93.4 Å². The van der Waals surface area contributed by atoms with Gasteiger partial charge in [0.25, 0.3) is 5.91 Å². The molecule has 3 aliphatic carbocycles. The number of imidazole rings is 1. The van der Waals surface area contributed by atoms with Crippen LogP contribution in [0.2, 0.25) is 6.32 Å². The first-order chi connectivity index (χ1) is 26.7. The van der Waals surface area contributed by atoms with E-state index in [0.29, 0.717) is 35.8 Å². The second kappa shape index (κ2) is 15.4. The van der Waals surface area contributed by atoms with Gasteiger partial charge in [-0.25, -0.2) is 19.4 Å². The van der Waals surface area contributed by atoms with Crippen molar-refractivity contribution in [1.29, 1.82) is 0 Å². The lowest BCUT2D eigenvalue weighted by Gasteiger charge is -2.64. The molecule has 15 nitrogen and oxygen atoms in total. The Morgan fingerprint density at radius 2 is 1.60 bits per heavy atom. The minimum atomic E-state index is -1.08. The standard InChI is InChI=1S/C42H61BN4O11/c1-38(2,3)54-35(49)31-28(52-26-21-47(22-26)34(48)32(27-20-44-23-46(27)13)45-36(50)55-39(4,5)6)15-14-24(33(31)53-37(51)56-40(7,8)9)16-17-43-57-30-19-25-18-29(41(25,10)11)42(30,12)58-43/h14-15,20,23,25-26,29-30,32H,16-19,21-22H2,1-13H3,(H,45,50)/t25-,29?,30+,32?,42-/m0/s1. The number of nitrogens with one attached hydrogen (secondary N) is 1. The van der Waals surface area contributed by atoms with Gasteiger partial charge < -0.3 is 47.8 Å². The molecule has 2 aromatic rings. The Balaban J connectivity index is 1.24. The molecular weight excluding hydrogens is 747 g/mol. The molecule has 2 bridgehead atoms. The third-order valence-corrected chi connectivity index (χ3v) is 11.5. The largest absolute Gasteiger partial charge is 0.514 e. The number of nitrogens with zero attached hydrogens (tertiary/aromatic N) is 3. The second-order valence-corrected chi connectivity index (χ2v) is 19.9. The van der Waals surface area contributed by atoms with Crippen LogP contribution in [-0.2, 0) is 41.8 Å². The van der Waals surface area contributed by atoms with E-state index in [1.54, 1.807) is 86.1 Å². The lowest BCUT2D eigenvalue weighted by molar-refractivity contribution is -0.199. The van der Waals surface area contributed by atoms with Crippen LogP contribution in [0, 0.1) is 17.3 Å². The minimum absolute atomic E-state index is 0.00119. The van der Waals surface area contributed by atoms with Gasteiger partial charge >= 0.3 is 25.3 Å². The van der Waals surface area contributed by atoms with Gasteiger partial charge in [-0.3, -0.25) is 4.79 Å². The molecule has 7 rings (SSSR count). The molecule has 2 saturated heterocycles. The Morgan fingerprint density at radius 1 is 0.948 bits per heavy atom. The number of carbonyl (C=O) groups excluding carboxylic acids is 4. The maximum Gasteiger partial charge on any atom is 0.514 e. The van der Waals surface area contributed by atoms with Gasteiger partial charge in [-0.05, 0) is 124 Å². The van der Waals surface area contributed by atoms with Gasteiger partial charge in [0.1, 0.15) is 34.2 Å². The Labute approximate surface area is 342 Å². The maximum atomic E-state index is 14.1. The Kier molecular flexibility index (Phi) is 11.5. The van der Waals surface area contributed by atoms with Crippen molar-refractivity contribution in [2.24, 2.45) is 24.3 Å². The summed E-state index contributed by atoms with van der Waals surface area (Å²) >= 11 is 0.